The van der Waals surface area contributed by atoms with Gasteiger partial charge in [-0.15, -0.1) is 0 Å². The summed E-state index contributed by atoms with van der Waals surface area (Å²) in [7, 11) is -3.49. The number of sulfone groups is 1. The van der Waals surface area contributed by atoms with Gasteiger partial charge in [0.15, 0.2) is 15.9 Å². The van der Waals surface area contributed by atoms with E-state index in [1.165, 1.54) is 6.92 Å². The molecule has 7 heteroatoms. The van der Waals surface area contributed by atoms with E-state index in [1.807, 2.05) is 19.9 Å². The van der Waals surface area contributed by atoms with Crippen molar-refractivity contribution >= 4 is 21.7 Å². The maximum atomic E-state index is 11.7. The first-order chi connectivity index (χ1) is 9.64. The summed E-state index contributed by atoms with van der Waals surface area (Å²) < 4.78 is 22.8. The molecule has 116 valence electrons. The summed E-state index contributed by atoms with van der Waals surface area (Å²) in [5.74, 6) is -2.93. The van der Waals surface area contributed by atoms with Crippen molar-refractivity contribution in [3.8, 4) is 0 Å². The molecule has 6 nitrogen and oxygen atoms in total. The van der Waals surface area contributed by atoms with Crippen LogP contribution in [0, 0.1) is 13.8 Å². The number of carbonyl (C=O) groups is 2. The van der Waals surface area contributed by atoms with E-state index in [9.17, 15) is 23.1 Å². The Bertz CT molecular complexity index is 631. The Labute approximate surface area is 124 Å². The fourth-order valence-corrected chi connectivity index (χ4v) is 2.66. The molecule has 0 aliphatic heterocycles. The lowest BCUT2D eigenvalue weighted by Gasteiger charge is -2.16. The molecular weight excluding hydrogens is 294 g/mol. The Kier molecular flexibility index (Phi) is 5.48. The average Bonchev–Trinajstić information content (AvgIpc) is 2.33. The first-order valence-corrected chi connectivity index (χ1v) is 8.27. The molecule has 21 heavy (non-hydrogen) atoms. The number of benzene rings is 1. The third-order valence-electron chi connectivity index (χ3n) is 2.92. The van der Waals surface area contributed by atoms with Crippen molar-refractivity contribution in [3.63, 3.8) is 0 Å². The van der Waals surface area contributed by atoms with Crippen molar-refractivity contribution in [1.82, 2.24) is 5.32 Å². The summed E-state index contributed by atoms with van der Waals surface area (Å²) >= 11 is 0. The van der Waals surface area contributed by atoms with Crippen molar-refractivity contribution in [2.24, 2.45) is 0 Å². The smallest absolute Gasteiger partial charge is 0.330 e. The van der Waals surface area contributed by atoms with Gasteiger partial charge in [-0.1, -0.05) is 36.2 Å². The van der Waals surface area contributed by atoms with Crippen LogP contribution in [0.5, 0.6) is 0 Å². The highest BCUT2D eigenvalue weighted by molar-refractivity contribution is 7.92. The predicted molar refractivity (Wildman–Crippen MR) is 78.8 cm³/mol. The maximum absolute atomic E-state index is 11.7. The number of amides is 1. The Balaban J connectivity index is 2.98. The van der Waals surface area contributed by atoms with Crippen LogP contribution in [0.15, 0.2) is 18.2 Å². The molecule has 1 rings (SSSR count). The molecule has 1 unspecified atom stereocenters. The van der Waals surface area contributed by atoms with Gasteiger partial charge in [0.2, 0.25) is 5.91 Å². The van der Waals surface area contributed by atoms with Crippen LogP contribution in [0.1, 0.15) is 29.7 Å². The topological polar surface area (TPSA) is 101 Å². The minimum Gasteiger partial charge on any atom is -0.479 e. The second kappa shape index (κ2) is 6.71. The van der Waals surface area contributed by atoms with Gasteiger partial charge < -0.3 is 10.4 Å². The van der Waals surface area contributed by atoms with E-state index in [-0.39, 0.29) is 5.75 Å². The number of carboxylic acids is 1. The van der Waals surface area contributed by atoms with E-state index in [1.54, 1.807) is 12.1 Å². The van der Waals surface area contributed by atoms with E-state index in [0.29, 0.717) is 5.56 Å². The number of aliphatic carboxylic acids is 1. The van der Waals surface area contributed by atoms with E-state index < -0.39 is 33.5 Å². The number of hydrogen-bond acceptors (Lipinski definition) is 4. The summed E-state index contributed by atoms with van der Waals surface area (Å²) in [6, 6.07) is 3.93. The molecule has 0 spiro atoms. The third kappa shape index (κ3) is 5.18. The lowest BCUT2D eigenvalue weighted by molar-refractivity contribution is -0.141. The van der Waals surface area contributed by atoms with Crippen LogP contribution in [0.3, 0.4) is 0 Å². The molecule has 2 N–H and O–H groups in total. The molecule has 1 amide bonds. The monoisotopic (exact) mass is 313 g/mol. The highest BCUT2D eigenvalue weighted by atomic mass is 32.2. The van der Waals surface area contributed by atoms with Crippen LogP contribution in [0.25, 0.3) is 0 Å². The third-order valence-corrected chi connectivity index (χ3v) is 4.50. The fourth-order valence-electron chi connectivity index (χ4n) is 1.97. The molecule has 0 aromatic heterocycles. The summed E-state index contributed by atoms with van der Waals surface area (Å²) in [6.45, 7) is 5.07. The van der Waals surface area contributed by atoms with Crippen molar-refractivity contribution < 1.29 is 23.1 Å². The zero-order valence-electron chi connectivity index (χ0n) is 12.2. The van der Waals surface area contributed by atoms with Gasteiger partial charge >= 0.3 is 5.97 Å². The lowest BCUT2D eigenvalue weighted by atomic mass is 10.0. The molecule has 1 atom stereocenters. The Morgan fingerprint density at radius 2 is 1.71 bits per heavy atom. The van der Waals surface area contributed by atoms with Crippen molar-refractivity contribution in [2.45, 2.75) is 26.8 Å². The van der Waals surface area contributed by atoms with Gasteiger partial charge in [0.1, 0.15) is 5.75 Å². The van der Waals surface area contributed by atoms with Crippen LogP contribution in [0.2, 0.25) is 0 Å². The second-order valence-corrected chi connectivity index (χ2v) is 7.29. The summed E-state index contributed by atoms with van der Waals surface area (Å²) in [5.41, 5.74) is 2.15. The van der Waals surface area contributed by atoms with Crippen LogP contribution in [-0.2, 0) is 19.4 Å². The Hall–Kier alpha value is -1.89. The van der Waals surface area contributed by atoms with Gasteiger partial charge in [0.05, 0.1) is 0 Å². The second-order valence-electron chi connectivity index (χ2n) is 4.94. The number of rotatable bonds is 6. The van der Waals surface area contributed by atoms with E-state index in [0.717, 1.165) is 11.1 Å². The summed E-state index contributed by atoms with van der Waals surface area (Å²) in [6.07, 6.45) is 0. The zero-order chi connectivity index (χ0) is 16.2. The molecule has 1 aromatic carbocycles. The van der Waals surface area contributed by atoms with Gasteiger partial charge in [0.25, 0.3) is 0 Å². The molecule has 0 saturated carbocycles. The van der Waals surface area contributed by atoms with Crippen LogP contribution < -0.4 is 5.32 Å². The molecule has 0 aliphatic carbocycles. The van der Waals surface area contributed by atoms with E-state index >= 15 is 0 Å². The van der Waals surface area contributed by atoms with Crippen molar-refractivity contribution in [1.29, 1.82) is 0 Å². The van der Waals surface area contributed by atoms with Crippen molar-refractivity contribution in [3.05, 3.63) is 34.9 Å². The van der Waals surface area contributed by atoms with Crippen LogP contribution in [-0.4, -0.2) is 36.9 Å². The predicted octanol–water partition coefficient (Wildman–Crippen LogP) is 0.980. The van der Waals surface area contributed by atoms with E-state index in [4.69, 9.17) is 0 Å². The first kappa shape index (κ1) is 17.2. The maximum Gasteiger partial charge on any atom is 0.330 e. The molecule has 0 fully saturated rings. The molecule has 0 bridgehead atoms. The highest BCUT2D eigenvalue weighted by Gasteiger charge is 2.24. The van der Waals surface area contributed by atoms with Crippen molar-refractivity contribution in [2.75, 3.05) is 11.5 Å². The van der Waals surface area contributed by atoms with Gasteiger partial charge in [-0.25, -0.2) is 13.2 Å². The van der Waals surface area contributed by atoms with Crippen LogP contribution in [0.4, 0.5) is 0 Å². The lowest BCUT2D eigenvalue weighted by Crippen LogP contribution is -2.37. The number of nitrogens with one attached hydrogen (secondary N) is 1. The standard InChI is InChI=1S/C14H19NO5S/c1-4-21(19,20)8-12(16)15-13(14(17)18)11-6-9(2)5-10(3)7-11/h5-7,13H,4,8H2,1-3H3,(H,15,16)(H,17,18). The SMILES string of the molecule is CCS(=O)(=O)CC(=O)NC(C(=O)O)c1cc(C)cc(C)c1. The molecular formula is C14H19NO5S. The first-order valence-electron chi connectivity index (χ1n) is 6.45. The van der Waals surface area contributed by atoms with E-state index in [2.05, 4.69) is 5.32 Å². The largest absolute Gasteiger partial charge is 0.479 e. The zero-order valence-corrected chi connectivity index (χ0v) is 13.0. The number of carboxylic acid groups (broad SMARTS) is 1. The van der Waals surface area contributed by atoms with Gasteiger partial charge in [-0.3, -0.25) is 4.79 Å². The van der Waals surface area contributed by atoms with Gasteiger partial charge in [-0.05, 0) is 19.4 Å². The fraction of sp³-hybridized carbons (Fsp3) is 0.429. The Morgan fingerprint density at radius 1 is 1.19 bits per heavy atom. The quantitative estimate of drug-likeness (QED) is 0.815. The number of aryl methyl sites for hydroxylation is 2. The highest BCUT2D eigenvalue weighted by Crippen LogP contribution is 2.17. The molecule has 0 radical (unpaired) electrons. The average molecular weight is 313 g/mol. The minimum atomic E-state index is -3.49. The van der Waals surface area contributed by atoms with Gasteiger partial charge in [-0.2, -0.15) is 0 Å². The molecule has 0 heterocycles. The Morgan fingerprint density at radius 3 is 2.14 bits per heavy atom. The molecule has 0 saturated heterocycles. The molecule has 1 aromatic rings. The number of hydrogen-bond donors (Lipinski definition) is 2. The summed E-state index contributed by atoms with van der Waals surface area (Å²) in [4.78, 5) is 23.1. The molecule has 0 aliphatic rings. The summed E-state index contributed by atoms with van der Waals surface area (Å²) in [5, 5.41) is 11.5. The number of carbonyl (C=O) groups excluding carboxylic acids is 1. The van der Waals surface area contributed by atoms with Crippen LogP contribution >= 0.6 is 0 Å². The van der Waals surface area contributed by atoms with Gasteiger partial charge in [0, 0.05) is 5.75 Å². The minimum absolute atomic E-state index is 0.165. The normalized spacial score (nSPS) is 12.7.